The number of hydrogen-bond acceptors (Lipinski definition) is 3. The highest BCUT2D eigenvalue weighted by atomic mass is 16.2. The van der Waals surface area contributed by atoms with Gasteiger partial charge in [0.05, 0.1) is 0 Å². The van der Waals surface area contributed by atoms with Crippen molar-refractivity contribution in [3.63, 3.8) is 0 Å². The smallest absolute Gasteiger partial charge is 0.252 e. The summed E-state index contributed by atoms with van der Waals surface area (Å²) in [6.45, 7) is 3.34. The Morgan fingerprint density at radius 1 is 1.11 bits per heavy atom. The summed E-state index contributed by atoms with van der Waals surface area (Å²) in [4.78, 5) is 29.1. The molecule has 1 aromatic heterocycles. The fraction of sp³-hybridized carbons (Fsp3) is 0.273. The third-order valence-electron chi connectivity index (χ3n) is 5.18. The minimum absolute atomic E-state index is 0.0634. The predicted molar refractivity (Wildman–Crippen MR) is 108 cm³/mol. The highest BCUT2D eigenvalue weighted by molar-refractivity contribution is 5.95. The molecule has 5 heteroatoms. The molecule has 1 aliphatic rings. The van der Waals surface area contributed by atoms with Gasteiger partial charge in [0.25, 0.3) is 5.56 Å². The molecule has 27 heavy (non-hydrogen) atoms. The molecule has 138 valence electrons. The Labute approximate surface area is 158 Å². The minimum Gasteiger partial charge on any atom is -0.322 e. The Hall–Kier alpha value is -2.92. The van der Waals surface area contributed by atoms with Gasteiger partial charge in [-0.05, 0) is 48.6 Å². The summed E-state index contributed by atoms with van der Waals surface area (Å²) in [5, 5.41) is 4.45. The summed E-state index contributed by atoms with van der Waals surface area (Å²) in [7, 11) is 0. The Balaban J connectivity index is 1.50. The number of nitrogens with zero attached hydrogens (tertiary/aromatic N) is 1. The second-order valence-electron chi connectivity index (χ2n) is 7.06. The van der Waals surface area contributed by atoms with Gasteiger partial charge in [0, 0.05) is 42.3 Å². The number of rotatable bonds is 5. The number of hydrogen-bond donors (Lipinski definition) is 2. The molecule has 1 saturated heterocycles. The number of pyridine rings is 1. The summed E-state index contributed by atoms with van der Waals surface area (Å²) >= 11 is 0. The molecule has 1 aliphatic heterocycles. The summed E-state index contributed by atoms with van der Waals surface area (Å²) in [5.74, 6) is 0.190. The van der Waals surface area contributed by atoms with E-state index >= 15 is 0 Å². The Morgan fingerprint density at radius 3 is 2.78 bits per heavy atom. The molecule has 1 unspecified atom stereocenters. The van der Waals surface area contributed by atoms with Crippen LogP contribution in [0.2, 0.25) is 0 Å². The molecule has 0 radical (unpaired) electrons. The van der Waals surface area contributed by atoms with Crippen LogP contribution in [0.1, 0.15) is 36.9 Å². The zero-order valence-corrected chi connectivity index (χ0v) is 15.4. The fourth-order valence-electron chi connectivity index (χ4n) is 3.59. The van der Waals surface area contributed by atoms with Crippen molar-refractivity contribution < 1.29 is 4.79 Å². The summed E-state index contributed by atoms with van der Waals surface area (Å²) in [5.41, 5.74) is 3.55. The van der Waals surface area contributed by atoms with Crippen molar-refractivity contribution in [2.24, 2.45) is 0 Å². The van der Waals surface area contributed by atoms with Gasteiger partial charge in [0.2, 0.25) is 5.91 Å². The van der Waals surface area contributed by atoms with Crippen LogP contribution in [0, 0.1) is 0 Å². The zero-order valence-electron chi connectivity index (χ0n) is 15.4. The van der Waals surface area contributed by atoms with Crippen molar-refractivity contribution in [3.8, 4) is 0 Å². The number of aromatic nitrogens is 1. The van der Waals surface area contributed by atoms with Gasteiger partial charge in [-0.3, -0.25) is 9.59 Å². The van der Waals surface area contributed by atoms with Crippen LogP contribution in [0.15, 0.2) is 59.4 Å². The van der Waals surface area contributed by atoms with Crippen molar-refractivity contribution in [1.82, 2.24) is 10.3 Å². The standard InChI is InChI=1S/C22H23N3O2/c1-15(16-7-4-8-19(13-16)25-11-5-10-21(25)26)23-14-18-12-17-6-2-3-9-20(17)24-22(18)27/h2-4,6-9,12-13,15,23H,5,10-11,14H2,1H3,(H,24,27). The molecule has 5 nitrogen and oxygen atoms in total. The van der Waals surface area contributed by atoms with Crippen LogP contribution in [0.25, 0.3) is 10.9 Å². The molecule has 4 rings (SSSR count). The first kappa shape index (κ1) is 17.5. The number of benzene rings is 2. The molecule has 0 spiro atoms. The lowest BCUT2D eigenvalue weighted by molar-refractivity contribution is -0.117. The largest absolute Gasteiger partial charge is 0.322 e. The van der Waals surface area contributed by atoms with Crippen LogP contribution < -0.4 is 15.8 Å². The van der Waals surface area contributed by atoms with E-state index in [0.29, 0.717) is 18.5 Å². The highest BCUT2D eigenvalue weighted by Gasteiger charge is 2.22. The van der Waals surface area contributed by atoms with Gasteiger partial charge in [-0.15, -0.1) is 0 Å². The number of carbonyl (C=O) groups is 1. The Morgan fingerprint density at radius 2 is 1.96 bits per heavy atom. The van der Waals surface area contributed by atoms with Gasteiger partial charge in [0.1, 0.15) is 0 Å². The average molecular weight is 361 g/mol. The van der Waals surface area contributed by atoms with Gasteiger partial charge in [-0.2, -0.15) is 0 Å². The molecule has 2 aromatic carbocycles. The van der Waals surface area contributed by atoms with E-state index in [-0.39, 0.29) is 17.5 Å². The second-order valence-corrected chi connectivity index (χ2v) is 7.06. The monoisotopic (exact) mass is 361 g/mol. The first-order valence-corrected chi connectivity index (χ1v) is 9.36. The summed E-state index contributed by atoms with van der Waals surface area (Å²) in [6, 6.07) is 17.8. The molecule has 2 N–H and O–H groups in total. The molecule has 1 amide bonds. The van der Waals surface area contributed by atoms with Crippen LogP contribution in [0.5, 0.6) is 0 Å². The van der Waals surface area contributed by atoms with E-state index in [0.717, 1.165) is 35.1 Å². The van der Waals surface area contributed by atoms with E-state index in [1.807, 2.05) is 53.4 Å². The first-order chi connectivity index (χ1) is 13.1. The van der Waals surface area contributed by atoms with E-state index in [2.05, 4.69) is 23.3 Å². The quantitative estimate of drug-likeness (QED) is 0.731. The lowest BCUT2D eigenvalue weighted by Crippen LogP contribution is -2.25. The summed E-state index contributed by atoms with van der Waals surface area (Å²) < 4.78 is 0. The lowest BCUT2D eigenvalue weighted by atomic mass is 10.1. The molecular formula is C22H23N3O2. The van der Waals surface area contributed by atoms with Crippen molar-refractivity contribution in [3.05, 3.63) is 76.1 Å². The SMILES string of the molecule is CC(NCc1cc2ccccc2[nH]c1=O)c1cccc(N2CCCC2=O)c1. The normalized spacial score (nSPS) is 15.4. The number of carbonyl (C=O) groups excluding carboxylic acids is 1. The van der Waals surface area contributed by atoms with Crippen LogP contribution in [-0.2, 0) is 11.3 Å². The Bertz CT molecular complexity index is 1040. The molecule has 0 saturated carbocycles. The molecule has 2 heterocycles. The van der Waals surface area contributed by atoms with Crippen LogP contribution in [0.3, 0.4) is 0 Å². The maximum Gasteiger partial charge on any atom is 0.252 e. The van der Waals surface area contributed by atoms with Crippen LogP contribution in [-0.4, -0.2) is 17.4 Å². The zero-order chi connectivity index (χ0) is 18.8. The van der Waals surface area contributed by atoms with Gasteiger partial charge in [-0.25, -0.2) is 0 Å². The number of anilines is 1. The minimum atomic E-state index is -0.0650. The van der Waals surface area contributed by atoms with Crippen LogP contribution >= 0.6 is 0 Å². The molecular weight excluding hydrogens is 338 g/mol. The van der Waals surface area contributed by atoms with Gasteiger partial charge in [0.15, 0.2) is 0 Å². The van der Waals surface area contributed by atoms with Crippen LogP contribution in [0.4, 0.5) is 5.69 Å². The van der Waals surface area contributed by atoms with Crippen molar-refractivity contribution in [2.45, 2.75) is 32.4 Å². The number of para-hydroxylation sites is 1. The van der Waals surface area contributed by atoms with E-state index in [1.165, 1.54) is 0 Å². The topological polar surface area (TPSA) is 65.2 Å². The van der Waals surface area contributed by atoms with Crippen molar-refractivity contribution >= 4 is 22.5 Å². The second kappa shape index (κ2) is 7.37. The van der Waals surface area contributed by atoms with Gasteiger partial charge in [-0.1, -0.05) is 30.3 Å². The number of nitrogens with one attached hydrogen (secondary N) is 2. The highest BCUT2D eigenvalue weighted by Crippen LogP contribution is 2.25. The van der Waals surface area contributed by atoms with Crippen molar-refractivity contribution in [2.75, 3.05) is 11.4 Å². The molecule has 3 aromatic rings. The maximum atomic E-state index is 12.3. The number of aromatic amines is 1. The van der Waals surface area contributed by atoms with E-state index in [4.69, 9.17) is 0 Å². The summed E-state index contributed by atoms with van der Waals surface area (Å²) in [6.07, 6.45) is 1.55. The third kappa shape index (κ3) is 3.64. The van der Waals surface area contributed by atoms with Gasteiger partial charge >= 0.3 is 0 Å². The number of H-pyrrole nitrogens is 1. The van der Waals surface area contributed by atoms with E-state index in [1.54, 1.807) is 0 Å². The predicted octanol–water partition coefficient (Wildman–Crippen LogP) is 3.51. The molecule has 0 aliphatic carbocycles. The fourth-order valence-corrected chi connectivity index (χ4v) is 3.59. The Kier molecular flexibility index (Phi) is 4.77. The third-order valence-corrected chi connectivity index (χ3v) is 5.18. The maximum absolute atomic E-state index is 12.3. The number of fused-ring (bicyclic) bond motifs is 1. The first-order valence-electron chi connectivity index (χ1n) is 9.36. The van der Waals surface area contributed by atoms with E-state index in [9.17, 15) is 9.59 Å². The molecule has 1 atom stereocenters. The van der Waals surface area contributed by atoms with Gasteiger partial charge < -0.3 is 15.2 Å². The lowest BCUT2D eigenvalue weighted by Gasteiger charge is -2.19. The van der Waals surface area contributed by atoms with Crippen molar-refractivity contribution in [1.29, 1.82) is 0 Å². The molecule has 0 bridgehead atoms. The van der Waals surface area contributed by atoms with E-state index < -0.39 is 0 Å². The number of amides is 1. The molecule has 1 fully saturated rings. The average Bonchev–Trinajstić information content (AvgIpc) is 3.12.